The number of carbonyl (C=O) groups is 1. The van der Waals surface area contributed by atoms with Gasteiger partial charge >= 0.3 is 0 Å². The topological polar surface area (TPSA) is 75.3 Å². The monoisotopic (exact) mass is 422 g/mol. The van der Waals surface area contributed by atoms with Crippen molar-refractivity contribution in [2.45, 2.75) is 32.9 Å². The van der Waals surface area contributed by atoms with Crippen LogP contribution in [0.25, 0.3) is 0 Å². The van der Waals surface area contributed by atoms with Crippen molar-refractivity contribution in [1.29, 1.82) is 0 Å². The summed E-state index contributed by atoms with van der Waals surface area (Å²) in [5.41, 5.74) is 1.97. The number of amides is 1. The first-order valence-electron chi connectivity index (χ1n) is 8.97. The number of aryl methyl sites for hydroxylation is 1. The first-order valence-corrected chi connectivity index (χ1v) is 10.9. The van der Waals surface area contributed by atoms with Crippen molar-refractivity contribution < 1.29 is 22.0 Å². The molecule has 0 saturated heterocycles. The van der Waals surface area contributed by atoms with Gasteiger partial charge in [-0.3, -0.25) is 4.79 Å². The number of hydrogen-bond acceptors (Lipinski definition) is 4. The molecule has 2 aromatic rings. The molecular weight excluding hydrogens is 398 g/mol. The Morgan fingerprint density at radius 3 is 2.38 bits per heavy atom. The SMILES string of the molecule is Cc1cc(F)ccc1[C@H](C)Nc1ccc(C(=O)N[C@H](C)/C=C/S(C)(=O)=O)c(F)c1. The van der Waals surface area contributed by atoms with Crippen LogP contribution >= 0.6 is 0 Å². The van der Waals surface area contributed by atoms with Crippen molar-refractivity contribution in [2.75, 3.05) is 11.6 Å². The highest BCUT2D eigenvalue weighted by Crippen LogP contribution is 2.24. The molecule has 0 saturated carbocycles. The molecule has 0 heterocycles. The molecule has 2 aromatic carbocycles. The smallest absolute Gasteiger partial charge is 0.254 e. The van der Waals surface area contributed by atoms with Crippen LogP contribution in [0.1, 0.15) is 41.4 Å². The summed E-state index contributed by atoms with van der Waals surface area (Å²) in [4.78, 5) is 12.2. The maximum Gasteiger partial charge on any atom is 0.254 e. The van der Waals surface area contributed by atoms with Crippen LogP contribution in [-0.2, 0) is 9.84 Å². The lowest BCUT2D eigenvalue weighted by molar-refractivity contribution is 0.0943. The third-order valence-electron chi connectivity index (χ3n) is 4.27. The van der Waals surface area contributed by atoms with Crippen molar-refractivity contribution in [3.05, 3.63) is 76.2 Å². The predicted molar refractivity (Wildman–Crippen MR) is 110 cm³/mol. The quantitative estimate of drug-likeness (QED) is 0.704. The molecule has 0 aliphatic heterocycles. The third-order valence-corrected chi connectivity index (χ3v) is 4.92. The fraction of sp³-hybridized carbons (Fsp3) is 0.286. The van der Waals surface area contributed by atoms with Gasteiger partial charge in [0, 0.05) is 29.4 Å². The minimum atomic E-state index is -3.31. The van der Waals surface area contributed by atoms with Crippen molar-refractivity contribution >= 4 is 21.4 Å². The molecule has 0 bridgehead atoms. The molecule has 0 fully saturated rings. The lowest BCUT2D eigenvalue weighted by atomic mass is 10.0. The Labute approximate surface area is 169 Å². The molecule has 0 aliphatic rings. The van der Waals surface area contributed by atoms with E-state index in [-0.39, 0.29) is 17.4 Å². The number of anilines is 1. The van der Waals surface area contributed by atoms with Gasteiger partial charge in [-0.05, 0) is 62.2 Å². The van der Waals surface area contributed by atoms with E-state index in [0.717, 1.165) is 22.8 Å². The Hall–Kier alpha value is -2.74. The summed E-state index contributed by atoms with van der Waals surface area (Å²) >= 11 is 0. The maximum absolute atomic E-state index is 14.4. The number of hydrogen-bond donors (Lipinski definition) is 2. The first-order chi connectivity index (χ1) is 13.5. The predicted octanol–water partition coefficient (Wildman–Crippen LogP) is 4.12. The zero-order valence-electron chi connectivity index (χ0n) is 16.7. The molecule has 0 unspecified atom stereocenters. The van der Waals surface area contributed by atoms with E-state index in [2.05, 4.69) is 10.6 Å². The van der Waals surface area contributed by atoms with E-state index in [1.807, 2.05) is 6.92 Å². The largest absolute Gasteiger partial charge is 0.378 e. The van der Waals surface area contributed by atoms with E-state index in [9.17, 15) is 22.0 Å². The average Bonchev–Trinajstić information content (AvgIpc) is 2.59. The molecule has 29 heavy (non-hydrogen) atoms. The van der Waals surface area contributed by atoms with Crippen LogP contribution in [0, 0.1) is 18.6 Å². The second kappa shape index (κ2) is 9.17. The molecule has 2 rings (SSSR count). The Kier molecular flexibility index (Phi) is 7.13. The van der Waals surface area contributed by atoms with Gasteiger partial charge in [0.2, 0.25) is 0 Å². The van der Waals surface area contributed by atoms with Crippen molar-refractivity contribution in [2.24, 2.45) is 0 Å². The van der Waals surface area contributed by atoms with Crippen LogP contribution in [0.4, 0.5) is 14.5 Å². The summed E-state index contributed by atoms with van der Waals surface area (Å²) < 4.78 is 50.0. The molecule has 156 valence electrons. The first kappa shape index (κ1) is 22.5. The average molecular weight is 422 g/mol. The lowest BCUT2D eigenvalue weighted by Gasteiger charge is -2.18. The van der Waals surface area contributed by atoms with E-state index in [1.165, 1.54) is 30.3 Å². The normalized spacial score (nSPS) is 13.9. The molecule has 8 heteroatoms. The van der Waals surface area contributed by atoms with E-state index >= 15 is 0 Å². The molecule has 0 radical (unpaired) electrons. The standard InChI is InChI=1S/C21H24F2N2O3S/c1-13-11-16(22)5-7-18(13)15(3)25-17-6-8-19(20(23)12-17)21(26)24-14(2)9-10-29(4,27)28/h5-12,14-15,25H,1-4H3,(H,24,26)/b10-9+/t14-,15+/m1/s1. The van der Waals surface area contributed by atoms with E-state index in [4.69, 9.17) is 0 Å². The van der Waals surface area contributed by atoms with Crippen LogP contribution in [0.2, 0.25) is 0 Å². The molecule has 0 aliphatic carbocycles. The van der Waals surface area contributed by atoms with Crippen LogP contribution in [-0.4, -0.2) is 26.6 Å². The van der Waals surface area contributed by atoms with Gasteiger partial charge in [-0.2, -0.15) is 0 Å². The van der Waals surface area contributed by atoms with Gasteiger partial charge in [0.15, 0.2) is 9.84 Å². The number of rotatable bonds is 7. The van der Waals surface area contributed by atoms with Crippen molar-refractivity contribution in [3.63, 3.8) is 0 Å². The van der Waals surface area contributed by atoms with Crippen LogP contribution in [0.5, 0.6) is 0 Å². The zero-order chi connectivity index (χ0) is 21.8. The molecule has 2 atom stereocenters. The Morgan fingerprint density at radius 2 is 1.79 bits per heavy atom. The van der Waals surface area contributed by atoms with Gasteiger partial charge in [0.1, 0.15) is 11.6 Å². The summed E-state index contributed by atoms with van der Waals surface area (Å²) in [5, 5.41) is 6.64. The van der Waals surface area contributed by atoms with Crippen LogP contribution in [0.15, 0.2) is 47.9 Å². The number of halogens is 2. The fourth-order valence-electron chi connectivity index (χ4n) is 2.83. The molecule has 2 N–H and O–H groups in total. The molecule has 0 spiro atoms. The summed E-state index contributed by atoms with van der Waals surface area (Å²) in [6.45, 7) is 5.25. The summed E-state index contributed by atoms with van der Waals surface area (Å²) in [5.74, 6) is -1.68. The maximum atomic E-state index is 14.4. The Balaban J connectivity index is 2.09. The number of carbonyl (C=O) groups excluding carboxylic acids is 1. The summed E-state index contributed by atoms with van der Waals surface area (Å²) in [6, 6.07) is 7.82. The lowest BCUT2D eigenvalue weighted by Crippen LogP contribution is -2.31. The van der Waals surface area contributed by atoms with E-state index in [0.29, 0.717) is 5.69 Å². The number of nitrogens with one attached hydrogen (secondary N) is 2. The molecular formula is C21H24F2N2O3S. The summed E-state index contributed by atoms with van der Waals surface area (Å²) in [6.07, 6.45) is 2.35. The highest BCUT2D eigenvalue weighted by Gasteiger charge is 2.15. The van der Waals surface area contributed by atoms with Gasteiger partial charge in [-0.1, -0.05) is 12.1 Å². The van der Waals surface area contributed by atoms with Gasteiger partial charge in [-0.25, -0.2) is 17.2 Å². The van der Waals surface area contributed by atoms with Crippen molar-refractivity contribution in [3.8, 4) is 0 Å². The fourth-order valence-corrected chi connectivity index (χ4v) is 3.36. The number of benzene rings is 2. The van der Waals surface area contributed by atoms with Crippen LogP contribution in [0.3, 0.4) is 0 Å². The van der Waals surface area contributed by atoms with Gasteiger partial charge in [0.25, 0.3) is 5.91 Å². The minimum Gasteiger partial charge on any atom is -0.378 e. The Bertz CT molecular complexity index is 1040. The number of sulfone groups is 1. The second-order valence-corrected chi connectivity index (χ2v) is 8.91. The Morgan fingerprint density at radius 1 is 1.10 bits per heavy atom. The van der Waals surface area contributed by atoms with E-state index in [1.54, 1.807) is 26.0 Å². The molecule has 0 aromatic heterocycles. The van der Waals surface area contributed by atoms with E-state index < -0.39 is 27.6 Å². The molecule has 5 nitrogen and oxygen atoms in total. The highest BCUT2D eigenvalue weighted by atomic mass is 32.2. The van der Waals surface area contributed by atoms with Gasteiger partial charge < -0.3 is 10.6 Å². The second-order valence-electron chi connectivity index (χ2n) is 6.98. The zero-order valence-corrected chi connectivity index (χ0v) is 17.5. The molecule has 1 amide bonds. The third kappa shape index (κ3) is 6.67. The van der Waals surface area contributed by atoms with Gasteiger partial charge in [-0.15, -0.1) is 0 Å². The van der Waals surface area contributed by atoms with Crippen LogP contribution < -0.4 is 10.6 Å². The van der Waals surface area contributed by atoms with Gasteiger partial charge in [0.05, 0.1) is 5.56 Å². The minimum absolute atomic E-state index is 0.152. The van der Waals surface area contributed by atoms with Crippen molar-refractivity contribution in [1.82, 2.24) is 5.32 Å². The summed E-state index contributed by atoms with van der Waals surface area (Å²) in [7, 11) is -3.31. The highest BCUT2D eigenvalue weighted by molar-refractivity contribution is 7.93.